The molecule has 2 fully saturated rings. The van der Waals surface area contributed by atoms with Crippen LogP contribution in [0.3, 0.4) is 0 Å². The highest BCUT2D eigenvalue weighted by Gasteiger charge is 2.46. The molecule has 0 saturated carbocycles. The van der Waals surface area contributed by atoms with Crippen LogP contribution in [0.4, 0.5) is 9.59 Å². The van der Waals surface area contributed by atoms with Crippen molar-refractivity contribution in [1.29, 1.82) is 0 Å². The first-order valence-electron chi connectivity index (χ1n) is 3.74. The first kappa shape index (κ1) is 7.84. The Morgan fingerprint density at radius 3 is 2.62 bits per heavy atom. The van der Waals surface area contributed by atoms with Gasteiger partial charge in [-0.05, 0) is 0 Å². The van der Waals surface area contributed by atoms with Gasteiger partial charge in [-0.2, -0.15) is 0 Å². The summed E-state index contributed by atoms with van der Waals surface area (Å²) in [4.78, 5) is 34.4. The third kappa shape index (κ3) is 1.00. The Balaban J connectivity index is 2.26. The zero-order chi connectivity index (χ0) is 9.59. The van der Waals surface area contributed by atoms with E-state index < -0.39 is 24.1 Å². The Morgan fingerprint density at radius 2 is 1.92 bits per heavy atom. The first-order valence-corrected chi connectivity index (χ1v) is 3.74. The lowest BCUT2D eigenvalue weighted by Gasteiger charge is -2.26. The molecule has 2 aliphatic rings. The Hall–Kier alpha value is -1.79. The molecule has 0 bridgehead atoms. The predicted molar refractivity (Wildman–Crippen MR) is 40.5 cm³/mol. The van der Waals surface area contributed by atoms with Crippen molar-refractivity contribution in [3.05, 3.63) is 0 Å². The van der Waals surface area contributed by atoms with E-state index in [1.165, 1.54) is 11.9 Å². The molecule has 0 aliphatic carbocycles. The van der Waals surface area contributed by atoms with Gasteiger partial charge in [0.2, 0.25) is 0 Å². The molecule has 0 radical (unpaired) electrons. The van der Waals surface area contributed by atoms with E-state index in [2.05, 4.69) is 16.0 Å². The van der Waals surface area contributed by atoms with Crippen molar-refractivity contribution < 1.29 is 14.4 Å². The predicted octanol–water partition coefficient (Wildman–Crippen LogP) is -1.82. The van der Waals surface area contributed by atoms with Crippen LogP contribution in [0.15, 0.2) is 0 Å². The van der Waals surface area contributed by atoms with E-state index >= 15 is 0 Å². The molecule has 2 unspecified atom stereocenters. The van der Waals surface area contributed by atoms with Crippen LogP contribution in [0, 0.1) is 0 Å². The van der Waals surface area contributed by atoms with Gasteiger partial charge in [-0.25, -0.2) is 9.59 Å². The highest BCUT2D eigenvalue weighted by atomic mass is 16.2. The highest BCUT2D eigenvalue weighted by molar-refractivity contribution is 6.03. The molecular formula is C6H8N4O3. The second kappa shape index (κ2) is 2.35. The Bertz CT molecular complexity index is 300. The number of imide groups is 1. The number of likely N-dealkylation sites (N-methyl/N-ethyl adjacent to an activating group) is 1. The van der Waals surface area contributed by atoms with E-state index in [0.717, 1.165) is 0 Å². The lowest BCUT2D eigenvalue weighted by atomic mass is 10.2. The standard InChI is InChI=1S/C6H8N4O3/c1-10-2-3(8-6(10)13)7-5(12)9-4(2)11/h2-3H,1H3,(H,8,13)(H2,7,9,11,12). The normalized spacial score (nSPS) is 32.1. The van der Waals surface area contributed by atoms with Crippen LogP contribution in [0.25, 0.3) is 0 Å². The fourth-order valence-electron chi connectivity index (χ4n) is 1.47. The topological polar surface area (TPSA) is 90.5 Å². The number of hydrogen-bond donors (Lipinski definition) is 3. The molecule has 0 aromatic heterocycles. The molecule has 5 amide bonds. The summed E-state index contributed by atoms with van der Waals surface area (Å²) in [6.07, 6.45) is -0.612. The van der Waals surface area contributed by atoms with Crippen LogP contribution in [0.2, 0.25) is 0 Å². The molecule has 70 valence electrons. The van der Waals surface area contributed by atoms with Crippen LogP contribution in [0.1, 0.15) is 0 Å². The summed E-state index contributed by atoms with van der Waals surface area (Å²) in [6.45, 7) is 0. The molecule has 2 heterocycles. The maximum atomic E-state index is 11.2. The van der Waals surface area contributed by atoms with Crippen LogP contribution in [0.5, 0.6) is 0 Å². The minimum absolute atomic E-state index is 0.368. The quantitative estimate of drug-likeness (QED) is 0.414. The van der Waals surface area contributed by atoms with Gasteiger partial charge in [0.1, 0.15) is 6.17 Å². The van der Waals surface area contributed by atoms with Crippen LogP contribution in [-0.4, -0.2) is 42.1 Å². The van der Waals surface area contributed by atoms with Crippen molar-refractivity contribution >= 4 is 18.0 Å². The number of rotatable bonds is 0. The average molecular weight is 184 g/mol. The molecule has 0 aromatic rings. The molecule has 2 atom stereocenters. The highest BCUT2D eigenvalue weighted by Crippen LogP contribution is 2.12. The average Bonchev–Trinajstić information content (AvgIpc) is 2.27. The van der Waals surface area contributed by atoms with Crippen molar-refractivity contribution in [2.45, 2.75) is 12.2 Å². The van der Waals surface area contributed by atoms with Gasteiger partial charge in [0.05, 0.1) is 0 Å². The number of hydrogen-bond acceptors (Lipinski definition) is 3. The van der Waals surface area contributed by atoms with Gasteiger partial charge in [0.15, 0.2) is 6.04 Å². The molecule has 2 aliphatic heterocycles. The van der Waals surface area contributed by atoms with Crippen molar-refractivity contribution in [2.75, 3.05) is 7.05 Å². The third-order valence-electron chi connectivity index (χ3n) is 2.12. The summed E-state index contributed by atoms with van der Waals surface area (Å²) in [5.41, 5.74) is 0. The molecule has 0 aromatic carbocycles. The smallest absolute Gasteiger partial charge is 0.315 e. The van der Waals surface area contributed by atoms with Gasteiger partial charge in [0, 0.05) is 7.05 Å². The number of urea groups is 2. The van der Waals surface area contributed by atoms with Gasteiger partial charge in [-0.3, -0.25) is 10.1 Å². The van der Waals surface area contributed by atoms with Crippen molar-refractivity contribution in [3.63, 3.8) is 0 Å². The fourth-order valence-corrected chi connectivity index (χ4v) is 1.47. The number of carbonyl (C=O) groups excluding carboxylic acids is 3. The van der Waals surface area contributed by atoms with Gasteiger partial charge in [0.25, 0.3) is 5.91 Å². The number of nitrogens with zero attached hydrogens (tertiary/aromatic N) is 1. The number of fused-ring (bicyclic) bond motifs is 1. The molecule has 3 N–H and O–H groups in total. The van der Waals surface area contributed by atoms with Crippen molar-refractivity contribution in [3.8, 4) is 0 Å². The van der Waals surface area contributed by atoms with E-state index in [1.54, 1.807) is 0 Å². The Labute approximate surface area is 73.4 Å². The van der Waals surface area contributed by atoms with E-state index in [4.69, 9.17) is 0 Å². The lowest BCUT2D eigenvalue weighted by Crippen LogP contribution is -2.64. The minimum atomic E-state index is -0.648. The van der Waals surface area contributed by atoms with E-state index in [1.807, 2.05) is 0 Å². The monoisotopic (exact) mass is 184 g/mol. The lowest BCUT2D eigenvalue weighted by molar-refractivity contribution is -0.125. The molecule has 2 rings (SSSR count). The maximum absolute atomic E-state index is 11.2. The van der Waals surface area contributed by atoms with Crippen molar-refractivity contribution in [1.82, 2.24) is 20.9 Å². The maximum Gasteiger partial charge on any atom is 0.323 e. The first-order chi connectivity index (χ1) is 6.09. The molecular weight excluding hydrogens is 176 g/mol. The molecule has 0 spiro atoms. The summed E-state index contributed by atoms with van der Waals surface area (Å²) in [6, 6.07) is -1.60. The third-order valence-corrected chi connectivity index (χ3v) is 2.12. The molecule has 7 nitrogen and oxygen atoms in total. The van der Waals surface area contributed by atoms with Gasteiger partial charge in [-0.1, -0.05) is 0 Å². The van der Waals surface area contributed by atoms with E-state index in [0.29, 0.717) is 0 Å². The molecule has 13 heavy (non-hydrogen) atoms. The van der Waals surface area contributed by atoms with E-state index in [9.17, 15) is 14.4 Å². The van der Waals surface area contributed by atoms with Crippen LogP contribution in [-0.2, 0) is 4.79 Å². The number of amides is 5. The number of nitrogens with one attached hydrogen (secondary N) is 3. The van der Waals surface area contributed by atoms with Crippen molar-refractivity contribution in [2.24, 2.45) is 0 Å². The second-order valence-corrected chi connectivity index (χ2v) is 2.95. The fraction of sp³-hybridized carbons (Fsp3) is 0.500. The summed E-state index contributed by atoms with van der Waals surface area (Å²) in [7, 11) is 1.50. The van der Waals surface area contributed by atoms with Crippen LogP contribution >= 0.6 is 0 Å². The van der Waals surface area contributed by atoms with Gasteiger partial charge in [-0.15, -0.1) is 0 Å². The zero-order valence-electron chi connectivity index (χ0n) is 6.83. The largest absolute Gasteiger partial charge is 0.323 e. The second-order valence-electron chi connectivity index (χ2n) is 2.95. The van der Waals surface area contributed by atoms with E-state index in [-0.39, 0.29) is 6.03 Å². The summed E-state index contributed by atoms with van der Waals surface area (Å²) in [5, 5.41) is 6.96. The number of carbonyl (C=O) groups is 3. The summed E-state index contributed by atoms with van der Waals surface area (Å²) in [5.74, 6) is -0.463. The SMILES string of the molecule is CN1C(=O)NC2NC(=O)NC(=O)C21. The molecule has 2 saturated heterocycles. The van der Waals surface area contributed by atoms with Gasteiger partial charge < -0.3 is 15.5 Å². The molecule has 7 heteroatoms. The van der Waals surface area contributed by atoms with Crippen LogP contribution < -0.4 is 16.0 Å². The Morgan fingerprint density at radius 1 is 1.23 bits per heavy atom. The Kier molecular flexibility index (Phi) is 1.42. The minimum Gasteiger partial charge on any atom is -0.315 e. The summed E-state index contributed by atoms with van der Waals surface area (Å²) < 4.78 is 0. The summed E-state index contributed by atoms with van der Waals surface area (Å²) >= 11 is 0. The zero-order valence-corrected chi connectivity index (χ0v) is 6.83. The van der Waals surface area contributed by atoms with Gasteiger partial charge >= 0.3 is 12.1 Å².